The fourth-order valence-electron chi connectivity index (χ4n) is 1.73. The molecule has 0 aliphatic heterocycles. The molecule has 0 saturated heterocycles. The molecule has 2 rings (SSSR count). The lowest BCUT2D eigenvalue weighted by Crippen LogP contribution is -2.22. The minimum Gasteiger partial charge on any atom is -0.493 e. The SMILES string of the molecule is CNC(=O)Oc1ccc(C=NNC(=O)c2ccncc2)cc1OC. The molecular weight excluding hydrogens is 312 g/mol. The molecule has 0 radical (unpaired) electrons. The summed E-state index contributed by atoms with van der Waals surface area (Å²) in [4.78, 5) is 26.9. The average Bonchev–Trinajstić information content (AvgIpc) is 2.63. The number of aromatic nitrogens is 1. The fraction of sp³-hybridized carbons (Fsp3) is 0.125. The summed E-state index contributed by atoms with van der Waals surface area (Å²) in [6.07, 6.45) is 3.90. The second-order valence-corrected chi connectivity index (χ2v) is 4.48. The molecular formula is C16H16N4O4. The average molecular weight is 328 g/mol. The highest BCUT2D eigenvalue weighted by atomic mass is 16.6. The second-order valence-electron chi connectivity index (χ2n) is 4.48. The predicted octanol–water partition coefficient (Wildman–Crippen LogP) is 1.57. The molecule has 0 aliphatic carbocycles. The van der Waals surface area contributed by atoms with Gasteiger partial charge in [-0.2, -0.15) is 5.10 Å². The molecule has 0 spiro atoms. The molecule has 0 saturated carbocycles. The van der Waals surface area contributed by atoms with Crippen molar-refractivity contribution in [2.45, 2.75) is 0 Å². The third-order valence-corrected chi connectivity index (χ3v) is 2.92. The Morgan fingerprint density at radius 1 is 1.17 bits per heavy atom. The first-order valence-electron chi connectivity index (χ1n) is 6.95. The van der Waals surface area contributed by atoms with Crippen molar-refractivity contribution >= 4 is 18.2 Å². The molecule has 0 bridgehead atoms. The minimum atomic E-state index is -0.598. The first-order valence-corrected chi connectivity index (χ1v) is 6.95. The number of hydrogen-bond donors (Lipinski definition) is 2. The van der Waals surface area contributed by atoms with Crippen LogP contribution in [-0.2, 0) is 0 Å². The maximum atomic E-state index is 11.8. The molecule has 2 N–H and O–H groups in total. The zero-order valence-electron chi connectivity index (χ0n) is 13.1. The number of nitrogens with zero attached hydrogens (tertiary/aromatic N) is 2. The molecule has 1 heterocycles. The number of pyridine rings is 1. The lowest BCUT2D eigenvalue weighted by atomic mass is 10.2. The van der Waals surface area contributed by atoms with E-state index in [4.69, 9.17) is 9.47 Å². The molecule has 1 aromatic carbocycles. The summed E-state index contributed by atoms with van der Waals surface area (Å²) in [6.45, 7) is 0. The number of hydrazone groups is 1. The molecule has 0 fully saturated rings. The van der Waals surface area contributed by atoms with Crippen LogP contribution in [0.15, 0.2) is 47.8 Å². The highest BCUT2D eigenvalue weighted by Crippen LogP contribution is 2.27. The van der Waals surface area contributed by atoms with E-state index in [9.17, 15) is 9.59 Å². The zero-order chi connectivity index (χ0) is 17.4. The number of amides is 2. The van der Waals surface area contributed by atoms with Crippen molar-refractivity contribution in [3.8, 4) is 11.5 Å². The highest BCUT2D eigenvalue weighted by molar-refractivity contribution is 5.94. The number of hydrogen-bond acceptors (Lipinski definition) is 6. The standard InChI is InChI=1S/C16H16N4O4/c1-17-16(22)24-13-4-3-11(9-14(13)23-2)10-19-20-15(21)12-5-7-18-8-6-12/h3-10H,1-2H3,(H,17,22)(H,20,21). The summed E-state index contributed by atoms with van der Waals surface area (Å²) in [6, 6.07) is 8.03. The van der Waals surface area contributed by atoms with Gasteiger partial charge in [0.15, 0.2) is 11.5 Å². The lowest BCUT2D eigenvalue weighted by Gasteiger charge is -2.09. The van der Waals surface area contributed by atoms with Crippen LogP contribution in [0.25, 0.3) is 0 Å². The number of ether oxygens (including phenoxy) is 2. The second kappa shape index (κ2) is 8.28. The molecule has 8 heteroatoms. The maximum absolute atomic E-state index is 11.8. The quantitative estimate of drug-likeness (QED) is 0.641. The van der Waals surface area contributed by atoms with Gasteiger partial charge in [0.05, 0.1) is 13.3 Å². The van der Waals surface area contributed by atoms with E-state index < -0.39 is 6.09 Å². The molecule has 2 amide bonds. The normalized spacial score (nSPS) is 10.2. The molecule has 0 aliphatic rings. The van der Waals surface area contributed by atoms with Gasteiger partial charge in [-0.15, -0.1) is 0 Å². The number of methoxy groups -OCH3 is 1. The van der Waals surface area contributed by atoms with Gasteiger partial charge >= 0.3 is 6.09 Å². The van der Waals surface area contributed by atoms with Crippen LogP contribution in [0.1, 0.15) is 15.9 Å². The lowest BCUT2D eigenvalue weighted by molar-refractivity contribution is 0.0955. The third kappa shape index (κ3) is 4.54. The smallest absolute Gasteiger partial charge is 0.412 e. The van der Waals surface area contributed by atoms with Crippen molar-refractivity contribution in [3.05, 3.63) is 53.9 Å². The summed E-state index contributed by atoms with van der Waals surface area (Å²) < 4.78 is 10.2. The number of carbonyl (C=O) groups excluding carboxylic acids is 2. The molecule has 8 nitrogen and oxygen atoms in total. The third-order valence-electron chi connectivity index (χ3n) is 2.92. The molecule has 0 atom stereocenters. The summed E-state index contributed by atoms with van der Waals surface area (Å²) in [5.41, 5.74) is 3.52. The van der Waals surface area contributed by atoms with E-state index in [0.717, 1.165) is 0 Å². The Bertz CT molecular complexity index is 747. The first-order chi connectivity index (χ1) is 11.6. The monoisotopic (exact) mass is 328 g/mol. The molecule has 2 aromatic rings. The van der Waals surface area contributed by atoms with Gasteiger partial charge in [-0.05, 0) is 35.9 Å². The Balaban J connectivity index is 2.04. The van der Waals surface area contributed by atoms with Crippen LogP contribution >= 0.6 is 0 Å². The van der Waals surface area contributed by atoms with Gasteiger partial charge in [0.2, 0.25) is 0 Å². The largest absolute Gasteiger partial charge is 0.493 e. The van der Waals surface area contributed by atoms with Crippen LogP contribution in [0, 0.1) is 0 Å². The van der Waals surface area contributed by atoms with Crippen LogP contribution in [0.4, 0.5) is 4.79 Å². The van der Waals surface area contributed by atoms with E-state index in [1.807, 2.05) is 0 Å². The van der Waals surface area contributed by atoms with Gasteiger partial charge in [0.25, 0.3) is 5.91 Å². The van der Waals surface area contributed by atoms with Crippen molar-refractivity contribution in [1.82, 2.24) is 15.7 Å². The zero-order valence-corrected chi connectivity index (χ0v) is 13.1. The maximum Gasteiger partial charge on any atom is 0.412 e. The number of carbonyl (C=O) groups is 2. The van der Waals surface area contributed by atoms with E-state index >= 15 is 0 Å². The van der Waals surface area contributed by atoms with E-state index in [1.165, 1.54) is 32.8 Å². The first kappa shape index (κ1) is 16.9. The van der Waals surface area contributed by atoms with Gasteiger partial charge in [0, 0.05) is 25.0 Å². The Hall–Kier alpha value is -3.42. The minimum absolute atomic E-state index is 0.273. The number of rotatable bonds is 5. The van der Waals surface area contributed by atoms with E-state index in [-0.39, 0.29) is 11.7 Å². The molecule has 0 unspecified atom stereocenters. The van der Waals surface area contributed by atoms with Crippen molar-refractivity contribution in [3.63, 3.8) is 0 Å². The van der Waals surface area contributed by atoms with Gasteiger partial charge in [-0.25, -0.2) is 10.2 Å². The Morgan fingerprint density at radius 3 is 2.58 bits per heavy atom. The molecule has 1 aromatic heterocycles. The molecule has 124 valence electrons. The highest BCUT2D eigenvalue weighted by Gasteiger charge is 2.09. The Labute approximate surface area is 138 Å². The summed E-state index contributed by atoms with van der Waals surface area (Å²) in [5, 5.41) is 6.23. The fourth-order valence-corrected chi connectivity index (χ4v) is 1.73. The van der Waals surface area contributed by atoms with Crippen LogP contribution in [0.5, 0.6) is 11.5 Å². The number of nitrogens with one attached hydrogen (secondary N) is 2. The summed E-state index contributed by atoms with van der Waals surface area (Å²) in [5.74, 6) is 0.290. The van der Waals surface area contributed by atoms with E-state index in [1.54, 1.807) is 30.3 Å². The van der Waals surface area contributed by atoms with Gasteiger partial charge in [0.1, 0.15) is 0 Å². The van der Waals surface area contributed by atoms with Crippen LogP contribution < -0.4 is 20.2 Å². The van der Waals surface area contributed by atoms with Crippen LogP contribution in [0.3, 0.4) is 0 Å². The summed E-state index contributed by atoms with van der Waals surface area (Å²) >= 11 is 0. The van der Waals surface area contributed by atoms with Crippen LogP contribution in [-0.4, -0.2) is 37.4 Å². The van der Waals surface area contributed by atoms with E-state index in [2.05, 4.69) is 20.8 Å². The summed E-state index contributed by atoms with van der Waals surface area (Å²) in [7, 11) is 2.92. The van der Waals surface area contributed by atoms with Crippen LogP contribution in [0.2, 0.25) is 0 Å². The topological polar surface area (TPSA) is 102 Å². The van der Waals surface area contributed by atoms with Gasteiger partial charge < -0.3 is 14.8 Å². The number of benzene rings is 1. The molecule has 24 heavy (non-hydrogen) atoms. The van der Waals surface area contributed by atoms with E-state index in [0.29, 0.717) is 16.9 Å². The van der Waals surface area contributed by atoms with Gasteiger partial charge in [-0.3, -0.25) is 9.78 Å². The Kier molecular flexibility index (Phi) is 5.84. The van der Waals surface area contributed by atoms with Crippen molar-refractivity contribution in [1.29, 1.82) is 0 Å². The predicted molar refractivity (Wildman–Crippen MR) is 87.4 cm³/mol. The van der Waals surface area contributed by atoms with Crippen molar-refractivity contribution in [2.24, 2.45) is 5.10 Å². The van der Waals surface area contributed by atoms with Crippen molar-refractivity contribution in [2.75, 3.05) is 14.2 Å². The Morgan fingerprint density at radius 2 is 1.92 bits per heavy atom. The van der Waals surface area contributed by atoms with Crippen molar-refractivity contribution < 1.29 is 19.1 Å². The van der Waals surface area contributed by atoms with Gasteiger partial charge in [-0.1, -0.05) is 0 Å².